The van der Waals surface area contributed by atoms with Crippen molar-refractivity contribution in [2.24, 2.45) is 5.92 Å². The molecule has 0 aromatic carbocycles. The lowest BCUT2D eigenvalue weighted by molar-refractivity contribution is -0.135. The van der Waals surface area contributed by atoms with Crippen LogP contribution in [-0.4, -0.2) is 48.8 Å². The van der Waals surface area contributed by atoms with Gasteiger partial charge in [-0.2, -0.15) is 0 Å². The number of aliphatic hydroxyl groups is 1. The first-order valence-corrected chi connectivity index (χ1v) is 4.62. The summed E-state index contributed by atoms with van der Waals surface area (Å²) in [4.78, 5) is 13.2. The predicted octanol–water partition coefficient (Wildman–Crippen LogP) is -0.138. The van der Waals surface area contributed by atoms with Crippen molar-refractivity contribution in [3.63, 3.8) is 0 Å². The van der Waals surface area contributed by atoms with Crippen LogP contribution >= 0.6 is 0 Å². The number of ether oxygens (including phenoxy) is 1. The van der Waals surface area contributed by atoms with Crippen molar-refractivity contribution >= 4 is 5.91 Å². The Morgan fingerprint density at radius 3 is 2.92 bits per heavy atom. The highest BCUT2D eigenvalue weighted by atomic mass is 16.5. The lowest BCUT2D eigenvalue weighted by atomic mass is 10.1. The zero-order valence-electron chi connectivity index (χ0n) is 8.19. The quantitative estimate of drug-likeness (QED) is 0.669. The molecule has 0 spiro atoms. The summed E-state index contributed by atoms with van der Waals surface area (Å²) in [5.41, 5.74) is 0. The topological polar surface area (TPSA) is 49.8 Å². The van der Waals surface area contributed by atoms with Crippen molar-refractivity contribution in [3.8, 4) is 0 Å². The second-order valence-electron chi connectivity index (χ2n) is 3.63. The molecule has 1 saturated heterocycles. The van der Waals surface area contributed by atoms with E-state index in [0.29, 0.717) is 19.8 Å². The summed E-state index contributed by atoms with van der Waals surface area (Å²) in [6, 6.07) is 0. The standard InChI is InChI=1S/C9H17NO3/c1-7(11)5-10(2)9(12)8-3-4-13-6-8/h7-8,11H,3-6H2,1-2H3. The molecule has 4 nitrogen and oxygen atoms in total. The number of amides is 1. The van der Waals surface area contributed by atoms with Crippen LogP contribution in [0.3, 0.4) is 0 Å². The molecule has 1 amide bonds. The van der Waals surface area contributed by atoms with Gasteiger partial charge in [-0.05, 0) is 13.3 Å². The molecule has 13 heavy (non-hydrogen) atoms. The number of aliphatic hydroxyl groups excluding tert-OH is 1. The molecule has 1 N–H and O–H groups in total. The zero-order valence-corrected chi connectivity index (χ0v) is 8.19. The molecule has 1 heterocycles. The molecule has 76 valence electrons. The van der Waals surface area contributed by atoms with Crippen molar-refractivity contribution in [2.45, 2.75) is 19.4 Å². The second kappa shape index (κ2) is 4.58. The molecule has 0 radical (unpaired) electrons. The van der Waals surface area contributed by atoms with E-state index in [4.69, 9.17) is 9.84 Å². The van der Waals surface area contributed by atoms with Crippen molar-refractivity contribution in [1.29, 1.82) is 0 Å². The molecule has 2 atom stereocenters. The SMILES string of the molecule is CC(O)CN(C)C(=O)C1CCOC1. The molecule has 0 aromatic heterocycles. The van der Waals surface area contributed by atoms with E-state index in [1.165, 1.54) is 0 Å². The fourth-order valence-corrected chi connectivity index (χ4v) is 1.53. The van der Waals surface area contributed by atoms with E-state index in [0.717, 1.165) is 6.42 Å². The minimum Gasteiger partial charge on any atom is -0.392 e. The Balaban J connectivity index is 2.36. The smallest absolute Gasteiger partial charge is 0.227 e. The van der Waals surface area contributed by atoms with Gasteiger partial charge in [0.15, 0.2) is 0 Å². The average Bonchev–Trinajstić information content (AvgIpc) is 2.53. The molecule has 1 aliphatic heterocycles. The highest BCUT2D eigenvalue weighted by Crippen LogP contribution is 2.14. The summed E-state index contributed by atoms with van der Waals surface area (Å²) >= 11 is 0. The highest BCUT2D eigenvalue weighted by Gasteiger charge is 2.26. The molecule has 1 fully saturated rings. The Morgan fingerprint density at radius 2 is 2.46 bits per heavy atom. The molecule has 0 aromatic rings. The van der Waals surface area contributed by atoms with Crippen LogP contribution in [-0.2, 0) is 9.53 Å². The summed E-state index contributed by atoms with van der Waals surface area (Å²) in [7, 11) is 1.72. The lowest BCUT2D eigenvalue weighted by Gasteiger charge is -2.21. The highest BCUT2D eigenvalue weighted by molar-refractivity contribution is 5.78. The van der Waals surface area contributed by atoms with Gasteiger partial charge in [0, 0.05) is 20.2 Å². The van der Waals surface area contributed by atoms with Gasteiger partial charge in [-0.15, -0.1) is 0 Å². The summed E-state index contributed by atoms with van der Waals surface area (Å²) in [6.45, 7) is 3.28. The molecular weight excluding hydrogens is 170 g/mol. The fraction of sp³-hybridized carbons (Fsp3) is 0.889. The Morgan fingerprint density at radius 1 is 1.77 bits per heavy atom. The number of hydrogen-bond donors (Lipinski definition) is 1. The van der Waals surface area contributed by atoms with Crippen LogP contribution in [0.1, 0.15) is 13.3 Å². The molecule has 0 saturated carbocycles. The van der Waals surface area contributed by atoms with Crippen molar-refractivity contribution in [2.75, 3.05) is 26.8 Å². The summed E-state index contributed by atoms with van der Waals surface area (Å²) in [5, 5.41) is 9.09. The van der Waals surface area contributed by atoms with Crippen LogP contribution in [0, 0.1) is 5.92 Å². The van der Waals surface area contributed by atoms with Gasteiger partial charge in [0.25, 0.3) is 0 Å². The third kappa shape index (κ3) is 2.97. The maximum atomic E-state index is 11.6. The van der Waals surface area contributed by atoms with Gasteiger partial charge < -0.3 is 14.7 Å². The van der Waals surface area contributed by atoms with E-state index in [9.17, 15) is 4.79 Å². The first-order valence-electron chi connectivity index (χ1n) is 4.62. The Bertz CT molecular complexity index is 176. The number of hydrogen-bond acceptors (Lipinski definition) is 3. The maximum Gasteiger partial charge on any atom is 0.227 e. The van der Waals surface area contributed by atoms with Crippen molar-refractivity contribution < 1.29 is 14.6 Å². The number of carbonyl (C=O) groups is 1. The predicted molar refractivity (Wildman–Crippen MR) is 48.2 cm³/mol. The third-order valence-electron chi connectivity index (χ3n) is 2.19. The lowest BCUT2D eigenvalue weighted by Crippen LogP contribution is -2.37. The normalized spacial score (nSPS) is 24.4. The van der Waals surface area contributed by atoms with Crippen LogP contribution in [0.15, 0.2) is 0 Å². The van der Waals surface area contributed by atoms with Crippen LogP contribution in [0.4, 0.5) is 0 Å². The van der Waals surface area contributed by atoms with Crippen molar-refractivity contribution in [3.05, 3.63) is 0 Å². The van der Waals surface area contributed by atoms with E-state index in [1.54, 1.807) is 18.9 Å². The van der Waals surface area contributed by atoms with E-state index in [1.807, 2.05) is 0 Å². The Labute approximate surface area is 78.5 Å². The molecule has 1 rings (SSSR count). The third-order valence-corrected chi connectivity index (χ3v) is 2.19. The van der Waals surface area contributed by atoms with E-state index in [-0.39, 0.29) is 11.8 Å². The zero-order chi connectivity index (χ0) is 9.84. The van der Waals surface area contributed by atoms with Gasteiger partial charge in [-0.25, -0.2) is 0 Å². The molecule has 0 bridgehead atoms. The van der Waals surface area contributed by atoms with Gasteiger partial charge in [0.1, 0.15) is 0 Å². The number of rotatable bonds is 3. The maximum absolute atomic E-state index is 11.6. The second-order valence-corrected chi connectivity index (χ2v) is 3.63. The Hall–Kier alpha value is -0.610. The molecule has 0 aliphatic carbocycles. The van der Waals surface area contributed by atoms with Gasteiger partial charge in [0.05, 0.1) is 18.6 Å². The van der Waals surface area contributed by atoms with Crippen LogP contribution in [0.2, 0.25) is 0 Å². The Kier molecular flexibility index (Phi) is 3.69. The molecule has 2 unspecified atom stereocenters. The van der Waals surface area contributed by atoms with Crippen LogP contribution in [0.5, 0.6) is 0 Å². The minimum absolute atomic E-state index is 0.00347. The number of likely N-dealkylation sites (N-methyl/N-ethyl adjacent to an activating group) is 1. The molecular formula is C9H17NO3. The number of nitrogens with zero attached hydrogens (tertiary/aromatic N) is 1. The number of carbonyl (C=O) groups excluding carboxylic acids is 1. The average molecular weight is 187 g/mol. The van der Waals surface area contributed by atoms with E-state index < -0.39 is 6.10 Å². The first-order chi connectivity index (χ1) is 6.11. The van der Waals surface area contributed by atoms with Gasteiger partial charge >= 0.3 is 0 Å². The summed E-state index contributed by atoms with van der Waals surface area (Å²) in [6.07, 6.45) is 0.347. The monoisotopic (exact) mass is 187 g/mol. The van der Waals surface area contributed by atoms with E-state index in [2.05, 4.69) is 0 Å². The van der Waals surface area contributed by atoms with Crippen LogP contribution in [0.25, 0.3) is 0 Å². The largest absolute Gasteiger partial charge is 0.392 e. The molecule has 4 heteroatoms. The van der Waals surface area contributed by atoms with Gasteiger partial charge in [0.2, 0.25) is 5.91 Å². The van der Waals surface area contributed by atoms with Gasteiger partial charge in [-0.3, -0.25) is 4.79 Å². The first kappa shape index (κ1) is 10.5. The summed E-state index contributed by atoms with van der Waals surface area (Å²) in [5.74, 6) is 0.0853. The fourth-order valence-electron chi connectivity index (χ4n) is 1.53. The van der Waals surface area contributed by atoms with Gasteiger partial charge in [-0.1, -0.05) is 0 Å². The summed E-state index contributed by atoms with van der Waals surface area (Å²) < 4.78 is 5.12. The molecule has 1 aliphatic rings. The van der Waals surface area contributed by atoms with Crippen molar-refractivity contribution in [1.82, 2.24) is 4.90 Å². The minimum atomic E-state index is -0.462. The van der Waals surface area contributed by atoms with Crippen LogP contribution < -0.4 is 0 Å². The van der Waals surface area contributed by atoms with E-state index >= 15 is 0 Å².